The minimum atomic E-state index is -4.15. The van der Waals surface area contributed by atoms with Gasteiger partial charge >= 0.3 is 6.18 Å². The van der Waals surface area contributed by atoms with E-state index in [9.17, 15) is 18.3 Å². The van der Waals surface area contributed by atoms with E-state index in [1.165, 1.54) is 0 Å². The molecule has 1 fully saturated rings. The van der Waals surface area contributed by atoms with Gasteiger partial charge in [0.05, 0.1) is 12.1 Å². The number of nitrogens with one attached hydrogen (secondary N) is 2. The van der Waals surface area contributed by atoms with Gasteiger partial charge in [-0.15, -0.1) is 0 Å². The van der Waals surface area contributed by atoms with Gasteiger partial charge in [0.2, 0.25) is 0 Å². The molecule has 3 N–H and O–H groups in total. The summed E-state index contributed by atoms with van der Waals surface area (Å²) in [5, 5.41) is 15.8. The zero-order chi connectivity index (χ0) is 13.1. The number of aliphatic hydroxyl groups excluding tert-OH is 1. The van der Waals surface area contributed by atoms with E-state index >= 15 is 0 Å². The number of aliphatic hydroxyl groups is 1. The molecule has 3 unspecified atom stereocenters. The van der Waals surface area contributed by atoms with E-state index in [0.29, 0.717) is 18.0 Å². The number of alkyl halides is 3. The maximum Gasteiger partial charge on any atom is 0.389 e. The maximum atomic E-state index is 12.2. The highest BCUT2D eigenvalue weighted by Crippen LogP contribution is 2.34. The SMILES string of the molecule is CNC(=S)NC1CCC(CC(F)(F)F)CC1O. The van der Waals surface area contributed by atoms with Crippen molar-refractivity contribution in [3.05, 3.63) is 0 Å². The first kappa shape index (κ1) is 14.5. The standard InChI is InChI=1S/C10H17F3N2OS/c1-14-9(17)15-7-3-2-6(4-8(7)16)5-10(11,12)13/h6-8,16H,2-5H2,1H3,(H2,14,15,17). The summed E-state index contributed by atoms with van der Waals surface area (Å²) in [6, 6.07) is -0.251. The second-order valence-electron chi connectivity index (χ2n) is 4.40. The molecule has 17 heavy (non-hydrogen) atoms. The Balaban J connectivity index is 2.41. The lowest BCUT2D eigenvalue weighted by molar-refractivity contribution is -0.149. The number of halogens is 3. The number of thiocarbonyl (C=S) groups is 1. The third-order valence-electron chi connectivity index (χ3n) is 2.99. The molecule has 0 heterocycles. The molecule has 100 valence electrons. The zero-order valence-electron chi connectivity index (χ0n) is 9.55. The van der Waals surface area contributed by atoms with Gasteiger partial charge in [-0.2, -0.15) is 13.2 Å². The predicted molar refractivity (Wildman–Crippen MR) is 62.6 cm³/mol. The molecule has 1 aliphatic carbocycles. The first-order valence-electron chi connectivity index (χ1n) is 5.55. The van der Waals surface area contributed by atoms with Gasteiger partial charge < -0.3 is 15.7 Å². The van der Waals surface area contributed by atoms with E-state index in [0.717, 1.165) is 0 Å². The summed E-state index contributed by atoms with van der Waals surface area (Å²) in [6.45, 7) is 0. The summed E-state index contributed by atoms with van der Waals surface area (Å²) in [6.07, 6.45) is -4.60. The molecule has 0 aromatic rings. The Morgan fingerprint density at radius 1 is 1.41 bits per heavy atom. The lowest BCUT2D eigenvalue weighted by atomic mass is 9.82. The quantitative estimate of drug-likeness (QED) is 0.666. The van der Waals surface area contributed by atoms with Crippen LogP contribution in [0.5, 0.6) is 0 Å². The van der Waals surface area contributed by atoms with Crippen molar-refractivity contribution in [1.29, 1.82) is 0 Å². The van der Waals surface area contributed by atoms with Crippen molar-refractivity contribution in [2.45, 2.75) is 44.0 Å². The van der Waals surface area contributed by atoms with Crippen molar-refractivity contribution in [3.8, 4) is 0 Å². The van der Waals surface area contributed by atoms with Crippen molar-refractivity contribution in [1.82, 2.24) is 10.6 Å². The second kappa shape index (κ2) is 5.86. The van der Waals surface area contributed by atoms with Gasteiger partial charge in [-0.1, -0.05) is 0 Å². The van der Waals surface area contributed by atoms with Crippen LogP contribution in [0.25, 0.3) is 0 Å². The van der Waals surface area contributed by atoms with Crippen LogP contribution in [0.3, 0.4) is 0 Å². The minimum absolute atomic E-state index is 0.170. The van der Waals surface area contributed by atoms with Crippen molar-refractivity contribution in [3.63, 3.8) is 0 Å². The molecular weight excluding hydrogens is 253 g/mol. The van der Waals surface area contributed by atoms with Crippen molar-refractivity contribution in [2.24, 2.45) is 5.92 Å². The summed E-state index contributed by atoms with van der Waals surface area (Å²) < 4.78 is 36.6. The smallest absolute Gasteiger partial charge is 0.389 e. The van der Waals surface area contributed by atoms with Crippen LogP contribution < -0.4 is 10.6 Å². The van der Waals surface area contributed by atoms with Crippen LogP contribution in [0.4, 0.5) is 13.2 Å². The minimum Gasteiger partial charge on any atom is -0.391 e. The molecule has 3 nitrogen and oxygen atoms in total. The molecule has 0 radical (unpaired) electrons. The highest BCUT2D eigenvalue weighted by atomic mass is 32.1. The van der Waals surface area contributed by atoms with Crippen LogP contribution in [0, 0.1) is 5.92 Å². The maximum absolute atomic E-state index is 12.2. The summed E-state index contributed by atoms with van der Waals surface area (Å²) in [5.74, 6) is -0.480. The first-order chi connectivity index (χ1) is 7.81. The molecular formula is C10H17F3N2OS. The molecule has 1 aliphatic rings. The third kappa shape index (κ3) is 5.08. The molecule has 1 rings (SSSR count). The van der Waals surface area contributed by atoms with Gasteiger partial charge in [0.15, 0.2) is 5.11 Å². The average molecular weight is 270 g/mol. The van der Waals surface area contributed by atoms with Crippen LogP contribution in [-0.2, 0) is 0 Å². The van der Waals surface area contributed by atoms with E-state index in [1.54, 1.807) is 7.05 Å². The lowest BCUT2D eigenvalue weighted by Crippen LogP contribution is -2.49. The Kier molecular flexibility index (Phi) is 5.00. The molecule has 0 aromatic carbocycles. The topological polar surface area (TPSA) is 44.3 Å². The second-order valence-corrected chi connectivity index (χ2v) is 4.80. The van der Waals surface area contributed by atoms with Crippen molar-refractivity contribution >= 4 is 17.3 Å². The number of hydrogen-bond donors (Lipinski definition) is 3. The van der Waals surface area contributed by atoms with Crippen LogP contribution in [0.1, 0.15) is 25.7 Å². The molecule has 0 saturated heterocycles. The van der Waals surface area contributed by atoms with Crippen LogP contribution >= 0.6 is 12.2 Å². The third-order valence-corrected chi connectivity index (χ3v) is 3.31. The Morgan fingerprint density at radius 3 is 2.53 bits per heavy atom. The zero-order valence-corrected chi connectivity index (χ0v) is 10.4. The number of hydrogen-bond acceptors (Lipinski definition) is 2. The fourth-order valence-corrected chi connectivity index (χ4v) is 2.30. The fourth-order valence-electron chi connectivity index (χ4n) is 2.15. The average Bonchev–Trinajstić information content (AvgIpc) is 2.19. The lowest BCUT2D eigenvalue weighted by Gasteiger charge is -2.34. The summed E-state index contributed by atoms with van der Waals surface area (Å²) in [7, 11) is 1.65. The molecule has 7 heteroatoms. The molecule has 0 bridgehead atoms. The summed E-state index contributed by atoms with van der Waals surface area (Å²) in [5.41, 5.74) is 0. The van der Waals surface area contributed by atoms with Gasteiger partial charge in [0.25, 0.3) is 0 Å². The van der Waals surface area contributed by atoms with Gasteiger partial charge in [0.1, 0.15) is 0 Å². The van der Waals surface area contributed by atoms with Crippen LogP contribution in [0.15, 0.2) is 0 Å². The van der Waals surface area contributed by atoms with Gasteiger partial charge in [-0.05, 0) is 37.4 Å². The molecule has 0 spiro atoms. The molecule has 3 atom stereocenters. The van der Waals surface area contributed by atoms with Gasteiger partial charge in [-0.25, -0.2) is 0 Å². The molecule has 1 saturated carbocycles. The Hall–Kier alpha value is -0.560. The van der Waals surface area contributed by atoms with Crippen molar-refractivity contribution < 1.29 is 18.3 Å². The van der Waals surface area contributed by atoms with E-state index in [-0.39, 0.29) is 12.5 Å². The largest absolute Gasteiger partial charge is 0.391 e. The highest BCUT2D eigenvalue weighted by Gasteiger charge is 2.37. The summed E-state index contributed by atoms with van der Waals surface area (Å²) >= 11 is 4.89. The van der Waals surface area contributed by atoms with Gasteiger partial charge in [-0.3, -0.25) is 0 Å². The monoisotopic (exact) mass is 270 g/mol. The number of rotatable bonds is 2. The van der Waals surface area contributed by atoms with E-state index in [2.05, 4.69) is 10.6 Å². The summed E-state index contributed by atoms with van der Waals surface area (Å²) in [4.78, 5) is 0. The normalized spacial score (nSPS) is 29.8. The first-order valence-corrected chi connectivity index (χ1v) is 5.95. The Labute approximate surface area is 104 Å². The molecule has 0 aromatic heterocycles. The Morgan fingerprint density at radius 2 is 2.06 bits per heavy atom. The van der Waals surface area contributed by atoms with E-state index < -0.39 is 24.6 Å². The fraction of sp³-hybridized carbons (Fsp3) is 0.900. The van der Waals surface area contributed by atoms with Crippen LogP contribution in [-0.4, -0.2) is 35.6 Å². The predicted octanol–water partition coefficient (Wildman–Crippen LogP) is 1.56. The van der Waals surface area contributed by atoms with Crippen LogP contribution in [0.2, 0.25) is 0 Å². The van der Waals surface area contributed by atoms with Gasteiger partial charge in [0, 0.05) is 13.5 Å². The van der Waals surface area contributed by atoms with E-state index in [1.807, 2.05) is 0 Å². The van der Waals surface area contributed by atoms with Crippen molar-refractivity contribution in [2.75, 3.05) is 7.05 Å². The Bertz CT molecular complexity index is 273. The molecule has 0 aliphatic heterocycles. The van der Waals surface area contributed by atoms with E-state index in [4.69, 9.17) is 12.2 Å². The molecule has 0 amide bonds. The highest BCUT2D eigenvalue weighted by molar-refractivity contribution is 7.80.